The molecule has 0 saturated carbocycles. The van der Waals surface area contributed by atoms with E-state index in [2.05, 4.69) is 36.3 Å². The number of carbonyl (C=O) groups is 1. The molecule has 1 aromatic rings. The lowest BCUT2D eigenvalue weighted by Crippen LogP contribution is -2.51. The van der Waals surface area contributed by atoms with E-state index in [-0.39, 0.29) is 5.91 Å². The first-order valence-electron chi connectivity index (χ1n) is 8.09. The van der Waals surface area contributed by atoms with E-state index in [1.54, 1.807) is 0 Å². The van der Waals surface area contributed by atoms with Gasteiger partial charge < -0.3 is 10.2 Å². The minimum atomic E-state index is 0.286. The molecule has 0 bridgehead atoms. The predicted octanol–water partition coefficient (Wildman–Crippen LogP) is 2.77. The van der Waals surface area contributed by atoms with Gasteiger partial charge in [-0.2, -0.15) is 0 Å². The van der Waals surface area contributed by atoms with E-state index in [0.29, 0.717) is 24.4 Å². The third-order valence-electron chi connectivity index (χ3n) is 4.58. The minimum absolute atomic E-state index is 0.286. The van der Waals surface area contributed by atoms with Gasteiger partial charge in [0.15, 0.2) is 0 Å². The molecule has 4 heteroatoms. The largest absolute Gasteiger partial charge is 0.342 e. The second kappa shape index (κ2) is 7.55. The van der Waals surface area contributed by atoms with Gasteiger partial charge in [-0.05, 0) is 37.0 Å². The summed E-state index contributed by atoms with van der Waals surface area (Å²) < 4.78 is 0. The number of aromatic nitrogens is 1. The van der Waals surface area contributed by atoms with Gasteiger partial charge in [0.25, 0.3) is 0 Å². The maximum absolute atomic E-state index is 11.9. The van der Waals surface area contributed by atoms with Crippen LogP contribution in [0, 0.1) is 5.92 Å². The Labute approximate surface area is 127 Å². The lowest BCUT2D eigenvalue weighted by molar-refractivity contribution is -0.133. The van der Waals surface area contributed by atoms with E-state index in [9.17, 15) is 4.79 Å². The lowest BCUT2D eigenvalue weighted by atomic mass is 9.88. The third kappa shape index (κ3) is 4.03. The fraction of sp³-hybridized carbons (Fsp3) is 0.647. The molecule has 1 aromatic heterocycles. The molecule has 1 aliphatic rings. The summed E-state index contributed by atoms with van der Waals surface area (Å²) in [6, 6.07) is 4.93. The predicted molar refractivity (Wildman–Crippen MR) is 84.8 cm³/mol. The van der Waals surface area contributed by atoms with Gasteiger partial charge in [-0.3, -0.25) is 9.78 Å². The van der Waals surface area contributed by atoms with Crippen molar-refractivity contribution in [2.24, 2.45) is 5.92 Å². The van der Waals surface area contributed by atoms with Crippen LogP contribution in [0.2, 0.25) is 0 Å². The molecule has 0 aliphatic carbocycles. The zero-order valence-corrected chi connectivity index (χ0v) is 13.4. The molecule has 0 radical (unpaired) electrons. The van der Waals surface area contributed by atoms with Crippen LogP contribution in [0.4, 0.5) is 0 Å². The van der Waals surface area contributed by atoms with Crippen molar-refractivity contribution in [2.45, 2.75) is 52.1 Å². The smallest absolute Gasteiger partial charge is 0.222 e. The van der Waals surface area contributed by atoms with Crippen LogP contribution in [0.25, 0.3) is 0 Å². The van der Waals surface area contributed by atoms with E-state index < -0.39 is 0 Å². The molecule has 4 nitrogen and oxygen atoms in total. The second-order valence-electron chi connectivity index (χ2n) is 5.93. The number of pyridine rings is 1. The summed E-state index contributed by atoms with van der Waals surface area (Å²) in [6.07, 6.45) is 6.44. The van der Waals surface area contributed by atoms with Gasteiger partial charge in [0.1, 0.15) is 0 Å². The number of nitrogens with one attached hydrogen (secondary N) is 1. The molecule has 1 saturated heterocycles. The number of amides is 1. The number of nitrogens with zero attached hydrogens (tertiary/aromatic N) is 2. The molecule has 0 aromatic carbocycles. The zero-order chi connectivity index (χ0) is 15.2. The van der Waals surface area contributed by atoms with Gasteiger partial charge in [-0.1, -0.05) is 20.3 Å². The van der Waals surface area contributed by atoms with Crippen LogP contribution < -0.4 is 5.32 Å². The summed E-state index contributed by atoms with van der Waals surface area (Å²) in [4.78, 5) is 18.0. The Hall–Kier alpha value is -1.42. The van der Waals surface area contributed by atoms with E-state index in [4.69, 9.17) is 0 Å². The summed E-state index contributed by atoms with van der Waals surface area (Å²) in [5, 5.41) is 3.75. The molecule has 21 heavy (non-hydrogen) atoms. The average molecular weight is 289 g/mol. The highest BCUT2D eigenvalue weighted by molar-refractivity contribution is 5.75. The Morgan fingerprint density at radius 2 is 2.14 bits per heavy atom. The van der Waals surface area contributed by atoms with Crippen molar-refractivity contribution >= 4 is 5.91 Å². The van der Waals surface area contributed by atoms with Crippen LogP contribution in [0.1, 0.15) is 51.6 Å². The van der Waals surface area contributed by atoms with Crippen molar-refractivity contribution in [1.29, 1.82) is 0 Å². The SMILES string of the molecule is CCC(=O)N1CC[C@H](N[C@H](C)c2ccncc2)[C@H](CC)C1. The van der Waals surface area contributed by atoms with Crippen molar-refractivity contribution in [1.82, 2.24) is 15.2 Å². The Balaban J connectivity index is 1.96. The Kier molecular flexibility index (Phi) is 5.74. The van der Waals surface area contributed by atoms with Gasteiger partial charge in [0.05, 0.1) is 0 Å². The molecule has 0 spiro atoms. The molecule has 1 aliphatic heterocycles. The Morgan fingerprint density at radius 3 is 2.76 bits per heavy atom. The number of piperidine rings is 1. The molecule has 0 unspecified atom stereocenters. The zero-order valence-electron chi connectivity index (χ0n) is 13.4. The average Bonchev–Trinajstić information content (AvgIpc) is 2.55. The molecule has 1 N–H and O–H groups in total. The summed E-state index contributed by atoms with van der Waals surface area (Å²) in [5.74, 6) is 0.826. The van der Waals surface area contributed by atoms with E-state index in [1.807, 2.05) is 24.2 Å². The highest BCUT2D eigenvalue weighted by atomic mass is 16.2. The maximum atomic E-state index is 11.9. The third-order valence-corrected chi connectivity index (χ3v) is 4.58. The molecule has 1 amide bonds. The summed E-state index contributed by atoms with van der Waals surface area (Å²) in [6.45, 7) is 8.13. The lowest BCUT2D eigenvalue weighted by Gasteiger charge is -2.40. The number of likely N-dealkylation sites (tertiary alicyclic amines) is 1. The van der Waals surface area contributed by atoms with Gasteiger partial charge in [-0.15, -0.1) is 0 Å². The number of carbonyl (C=O) groups excluding carboxylic acids is 1. The second-order valence-corrected chi connectivity index (χ2v) is 5.93. The first-order valence-corrected chi connectivity index (χ1v) is 8.09. The summed E-state index contributed by atoms with van der Waals surface area (Å²) >= 11 is 0. The van der Waals surface area contributed by atoms with Gasteiger partial charge in [0.2, 0.25) is 5.91 Å². The normalized spacial score (nSPS) is 23.9. The molecular formula is C17H27N3O. The van der Waals surface area contributed by atoms with E-state index >= 15 is 0 Å². The quantitative estimate of drug-likeness (QED) is 0.906. The van der Waals surface area contributed by atoms with Crippen molar-refractivity contribution in [3.8, 4) is 0 Å². The number of hydrogen-bond acceptors (Lipinski definition) is 3. The fourth-order valence-corrected chi connectivity index (χ4v) is 3.18. The van der Waals surface area contributed by atoms with Crippen molar-refractivity contribution in [2.75, 3.05) is 13.1 Å². The standard InChI is InChI=1S/C17H27N3O/c1-4-14-12-20(17(21)5-2)11-8-16(14)19-13(3)15-6-9-18-10-7-15/h6-7,9-10,13-14,16,19H,4-5,8,11-12H2,1-3H3/t13-,14-,16+/m1/s1. The van der Waals surface area contributed by atoms with Crippen molar-refractivity contribution in [3.63, 3.8) is 0 Å². The fourth-order valence-electron chi connectivity index (χ4n) is 3.18. The van der Waals surface area contributed by atoms with Crippen LogP contribution in [0.15, 0.2) is 24.5 Å². The summed E-state index contributed by atoms with van der Waals surface area (Å²) in [7, 11) is 0. The Bertz CT molecular complexity index is 449. The van der Waals surface area contributed by atoms with E-state index in [1.165, 1.54) is 5.56 Å². The van der Waals surface area contributed by atoms with Crippen LogP contribution >= 0.6 is 0 Å². The summed E-state index contributed by atoms with van der Waals surface area (Å²) in [5.41, 5.74) is 1.27. The highest BCUT2D eigenvalue weighted by Gasteiger charge is 2.30. The molecule has 1 fully saturated rings. The van der Waals surface area contributed by atoms with Crippen LogP contribution in [0.5, 0.6) is 0 Å². The van der Waals surface area contributed by atoms with Crippen molar-refractivity contribution < 1.29 is 4.79 Å². The molecular weight excluding hydrogens is 262 g/mol. The Morgan fingerprint density at radius 1 is 1.43 bits per heavy atom. The van der Waals surface area contributed by atoms with Crippen LogP contribution in [-0.4, -0.2) is 34.9 Å². The van der Waals surface area contributed by atoms with Crippen LogP contribution in [-0.2, 0) is 4.79 Å². The van der Waals surface area contributed by atoms with Gasteiger partial charge >= 0.3 is 0 Å². The minimum Gasteiger partial charge on any atom is -0.342 e. The highest BCUT2D eigenvalue weighted by Crippen LogP contribution is 2.23. The van der Waals surface area contributed by atoms with Gasteiger partial charge in [0, 0.05) is 44.0 Å². The number of rotatable bonds is 5. The molecule has 3 atom stereocenters. The first-order chi connectivity index (χ1) is 10.2. The first kappa shape index (κ1) is 16.0. The number of hydrogen-bond donors (Lipinski definition) is 1. The topological polar surface area (TPSA) is 45.2 Å². The molecule has 2 rings (SSSR count). The maximum Gasteiger partial charge on any atom is 0.222 e. The van der Waals surface area contributed by atoms with Gasteiger partial charge in [-0.25, -0.2) is 0 Å². The van der Waals surface area contributed by atoms with E-state index in [0.717, 1.165) is 25.9 Å². The van der Waals surface area contributed by atoms with Crippen molar-refractivity contribution in [3.05, 3.63) is 30.1 Å². The molecule has 2 heterocycles. The molecule has 116 valence electrons. The van der Waals surface area contributed by atoms with Crippen LogP contribution in [0.3, 0.4) is 0 Å². The monoisotopic (exact) mass is 289 g/mol.